The van der Waals surface area contributed by atoms with E-state index in [9.17, 15) is 4.79 Å². The molecule has 0 atom stereocenters. The molecule has 2 heterocycles. The van der Waals surface area contributed by atoms with Gasteiger partial charge in [-0.25, -0.2) is 0 Å². The summed E-state index contributed by atoms with van der Waals surface area (Å²) in [6, 6.07) is 26.3. The fourth-order valence-electron chi connectivity index (χ4n) is 4.17. The van der Waals surface area contributed by atoms with Crippen molar-refractivity contribution in [1.82, 2.24) is 25.2 Å². The Morgan fingerprint density at radius 1 is 0.906 bits per heavy atom. The average Bonchev–Trinajstić information content (AvgIpc) is 3.37. The third-order valence-electron chi connectivity index (χ3n) is 5.73. The van der Waals surface area contributed by atoms with E-state index in [-0.39, 0.29) is 5.56 Å². The first-order valence-electron chi connectivity index (χ1n) is 10.8. The van der Waals surface area contributed by atoms with E-state index in [0.29, 0.717) is 12.4 Å². The lowest BCUT2D eigenvalue weighted by molar-refractivity contribution is 0.694. The van der Waals surface area contributed by atoms with Crippen molar-refractivity contribution in [2.45, 2.75) is 26.3 Å². The predicted octanol–water partition coefficient (Wildman–Crippen LogP) is 4.85. The summed E-state index contributed by atoms with van der Waals surface area (Å²) in [6.07, 6.45) is 1.86. The van der Waals surface area contributed by atoms with Crippen LogP contribution in [-0.2, 0) is 13.0 Å². The summed E-state index contributed by atoms with van der Waals surface area (Å²) in [4.78, 5) is 13.2. The van der Waals surface area contributed by atoms with Gasteiger partial charge in [-0.3, -0.25) is 4.79 Å². The van der Waals surface area contributed by atoms with Gasteiger partial charge in [0.15, 0.2) is 0 Å². The quantitative estimate of drug-likeness (QED) is 0.425. The van der Waals surface area contributed by atoms with Crippen LogP contribution in [0.5, 0.6) is 0 Å². The third-order valence-corrected chi connectivity index (χ3v) is 5.73. The molecule has 5 aromatic rings. The van der Waals surface area contributed by atoms with Gasteiger partial charge in [-0.1, -0.05) is 80.1 Å². The van der Waals surface area contributed by atoms with Crippen molar-refractivity contribution in [2.24, 2.45) is 0 Å². The fourth-order valence-corrected chi connectivity index (χ4v) is 4.17. The zero-order valence-electron chi connectivity index (χ0n) is 17.8. The maximum atomic E-state index is 13.2. The monoisotopic (exact) mass is 421 g/mol. The van der Waals surface area contributed by atoms with Gasteiger partial charge in [-0.15, -0.1) is 10.2 Å². The molecule has 0 aliphatic rings. The Labute approximate surface area is 185 Å². The third kappa shape index (κ3) is 3.71. The summed E-state index contributed by atoms with van der Waals surface area (Å²) in [5.41, 5.74) is 5.25. The van der Waals surface area contributed by atoms with Crippen LogP contribution in [-0.4, -0.2) is 25.2 Å². The predicted molar refractivity (Wildman–Crippen MR) is 126 cm³/mol. The van der Waals surface area contributed by atoms with Gasteiger partial charge in [0.1, 0.15) is 0 Å². The number of aryl methyl sites for hydroxylation is 1. The van der Waals surface area contributed by atoms with E-state index < -0.39 is 0 Å². The molecule has 0 amide bonds. The standard InChI is InChI=1S/C26H23N5O/c1-2-7-21-16-20-8-3-4-10-23(20)26(32)31(21)17-18-12-14-19(15-13-18)22-9-5-6-11-24(22)25-27-29-30-28-25/h3-6,8-16H,2,7,17H2,1H3,(H,27,28,29,30). The molecule has 6 heteroatoms. The van der Waals surface area contributed by atoms with Gasteiger partial charge in [0.25, 0.3) is 5.56 Å². The number of pyridine rings is 1. The van der Waals surface area contributed by atoms with E-state index in [1.807, 2.05) is 53.1 Å². The number of nitrogens with zero attached hydrogens (tertiary/aromatic N) is 4. The second kappa shape index (κ2) is 8.59. The highest BCUT2D eigenvalue weighted by Gasteiger charge is 2.12. The van der Waals surface area contributed by atoms with Crippen LogP contribution in [0.25, 0.3) is 33.3 Å². The molecule has 0 spiro atoms. The topological polar surface area (TPSA) is 76.5 Å². The van der Waals surface area contributed by atoms with Gasteiger partial charge in [0, 0.05) is 16.6 Å². The Bertz CT molecular complexity index is 1420. The summed E-state index contributed by atoms with van der Waals surface area (Å²) in [5.74, 6) is 0.566. The van der Waals surface area contributed by atoms with E-state index in [1.165, 1.54) is 0 Å². The molecule has 0 bridgehead atoms. The van der Waals surface area contributed by atoms with Crippen LogP contribution >= 0.6 is 0 Å². The minimum absolute atomic E-state index is 0.0677. The molecule has 0 aliphatic carbocycles. The Kier molecular flexibility index (Phi) is 5.34. The highest BCUT2D eigenvalue weighted by atomic mass is 16.1. The fraction of sp³-hybridized carbons (Fsp3) is 0.154. The van der Waals surface area contributed by atoms with Gasteiger partial charge < -0.3 is 4.57 Å². The number of hydrogen-bond donors (Lipinski definition) is 1. The van der Waals surface area contributed by atoms with E-state index in [0.717, 1.165) is 51.6 Å². The molecule has 0 unspecified atom stereocenters. The summed E-state index contributed by atoms with van der Waals surface area (Å²) in [7, 11) is 0. The summed E-state index contributed by atoms with van der Waals surface area (Å²) in [6.45, 7) is 2.69. The molecular formula is C26H23N5O. The van der Waals surface area contributed by atoms with Crippen molar-refractivity contribution in [3.63, 3.8) is 0 Å². The van der Waals surface area contributed by atoms with Gasteiger partial charge in [-0.2, -0.15) is 5.21 Å². The Hall–Kier alpha value is -4.06. The smallest absolute Gasteiger partial charge is 0.258 e. The molecular weight excluding hydrogens is 398 g/mol. The Balaban J connectivity index is 1.51. The molecule has 5 rings (SSSR count). The van der Waals surface area contributed by atoms with E-state index in [1.54, 1.807) is 0 Å². The molecule has 0 fully saturated rings. The van der Waals surface area contributed by atoms with Crippen molar-refractivity contribution >= 4 is 10.8 Å². The number of benzene rings is 3. The number of tetrazole rings is 1. The highest BCUT2D eigenvalue weighted by Crippen LogP contribution is 2.29. The number of H-pyrrole nitrogens is 1. The lowest BCUT2D eigenvalue weighted by atomic mass is 9.98. The molecule has 0 aliphatic heterocycles. The molecule has 2 aromatic heterocycles. The van der Waals surface area contributed by atoms with Crippen LogP contribution < -0.4 is 5.56 Å². The number of nitrogens with one attached hydrogen (secondary N) is 1. The number of rotatable bonds is 6. The SMILES string of the molecule is CCCc1cc2ccccc2c(=O)n1Cc1ccc(-c2ccccc2-c2nn[nH]n2)cc1. The van der Waals surface area contributed by atoms with E-state index >= 15 is 0 Å². The van der Waals surface area contributed by atoms with Crippen LogP contribution in [0.2, 0.25) is 0 Å². The average molecular weight is 422 g/mol. The van der Waals surface area contributed by atoms with Crippen molar-refractivity contribution in [2.75, 3.05) is 0 Å². The van der Waals surface area contributed by atoms with Crippen LogP contribution in [0, 0.1) is 0 Å². The van der Waals surface area contributed by atoms with Crippen LogP contribution in [0.15, 0.2) is 83.7 Å². The maximum absolute atomic E-state index is 13.2. The zero-order valence-corrected chi connectivity index (χ0v) is 17.8. The first-order chi connectivity index (χ1) is 15.7. The second-order valence-corrected chi connectivity index (χ2v) is 7.84. The first-order valence-corrected chi connectivity index (χ1v) is 10.8. The highest BCUT2D eigenvalue weighted by molar-refractivity contribution is 5.82. The van der Waals surface area contributed by atoms with Gasteiger partial charge in [0.2, 0.25) is 5.82 Å². The molecule has 32 heavy (non-hydrogen) atoms. The van der Waals surface area contributed by atoms with Gasteiger partial charge in [0.05, 0.1) is 6.54 Å². The van der Waals surface area contributed by atoms with Gasteiger partial charge >= 0.3 is 0 Å². The molecule has 0 radical (unpaired) electrons. The minimum Gasteiger partial charge on any atom is -0.308 e. The lowest BCUT2D eigenvalue weighted by Gasteiger charge is -2.15. The van der Waals surface area contributed by atoms with Crippen molar-refractivity contribution in [3.05, 3.63) is 100 Å². The number of fused-ring (bicyclic) bond motifs is 1. The number of hydrogen-bond acceptors (Lipinski definition) is 4. The summed E-state index contributed by atoms with van der Waals surface area (Å²) >= 11 is 0. The Morgan fingerprint density at radius 2 is 1.66 bits per heavy atom. The van der Waals surface area contributed by atoms with Crippen LogP contribution in [0.4, 0.5) is 0 Å². The van der Waals surface area contributed by atoms with E-state index in [4.69, 9.17) is 0 Å². The van der Waals surface area contributed by atoms with Crippen LogP contribution in [0.3, 0.4) is 0 Å². The lowest BCUT2D eigenvalue weighted by Crippen LogP contribution is -2.24. The molecule has 6 nitrogen and oxygen atoms in total. The molecule has 158 valence electrons. The second-order valence-electron chi connectivity index (χ2n) is 7.84. The summed E-state index contributed by atoms with van der Waals surface area (Å²) in [5, 5.41) is 16.2. The maximum Gasteiger partial charge on any atom is 0.258 e. The number of aromatic nitrogens is 5. The van der Waals surface area contributed by atoms with Crippen molar-refractivity contribution in [1.29, 1.82) is 0 Å². The number of aromatic amines is 1. The van der Waals surface area contributed by atoms with Crippen molar-refractivity contribution in [3.8, 4) is 22.5 Å². The molecule has 0 saturated carbocycles. The van der Waals surface area contributed by atoms with Gasteiger partial charge in [-0.05, 0) is 45.8 Å². The largest absolute Gasteiger partial charge is 0.308 e. The molecule has 1 N–H and O–H groups in total. The normalized spacial score (nSPS) is 11.2. The van der Waals surface area contributed by atoms with Crippen molar-refractivity contribution < 1.29 is 0 Å². The summed E-state index contributed by atoms with van der Waals surface area (Å²) < 4.78 is 1.91. The van der Waals surface area contributed by atoms with E-state index in [2.05, 4.69) is 57.9 Å². The molecule has 3 aromatic carbocycles. The van der Waals surface area contributed by atoms with Crippen LogP contribution in [0.1, 0.15) is 24.6 Å². The Morgan fingerprint density at radius 3 is 2.41 bits per heavy atom. The zero-order chi connectivity index (χ0) is 21.9. The molecule has 0 saturated heterocycles. The minimum atomic E-state index is 0.0677. The first kappa shape index (κ1) is 19.9.